The lowest BCUT2D eigenvalue weighted by atomic mass is 10.1. The molecule has 0 fully saturated rings. The molecule has 0 saturated heterocycles. The molecule has 2 N–H and O–H groups in total. The molecule has 0 aromatic heterocycles. The van der Waals surface area contributed by atoms with E-state index in [2.05, 4.69) is 15.9 Å². The summed E-state index contributed by atoms with van der Waals surface area (Å²) in [7, 11) is 0. The molecule has 0 unspecified atom stereocenters. The molecule has 3 heteroatoms. The minimum atomic E-state index is 0.485. The number of benzene rings is 1. The van der Waals surface area contributed by atoms with Gasteiger partial charge < -0.3 is 5.73 Å². The quantitative estimate of drug-likeness (QED) is 0.742. The van der Waals surface area contributed by atoms with Crippen molar-refractivity contribution in [3.8, 4) is 6.07 Å². The number of nitrogens with two attached hydrogens (primary N) is 1. The van der Waals surface area contributed by atoms with Gasteiger partial charge >= 0.3 is 0 Å². The highest BCUT2D eigenvalue weighted by atomic mass is 79.9. The van der Waals surface area contributed by atoms with Gasteiger partial charge in [0.15, 0.2) is 0 Å². The van der Waals surface area contributed by atoms with Gasteiger partial charge in [-0.2, -0.15) is 5.26 Å². The van der Waals surface area contributed by atoms with Crippen molar-refractivity contribution < 1.29 is 0 Å². The summed E-state index contributed by atoms with van der Waals surface area (Å²) in [5.74, 6) is 0. The molecule has 2 nitrogen and oxygen atoms in total. The summed E-state index contributed by atoms with van der Waals surface area (Å²) in [6.07, 6.45) is 1.32. The van der Waals surface area contributed by atoms with Gasteiger partial charge in [-0.25, -0.2) is 0 Å². The Hall–Kier alpha value is -1.27. The highest BCUT2D eigenvalue weighted by Gasteiger charge is 1.95. The van der Waals surface area contributed by atoms with E-state index >= 15 is 0 Å². The van der Waals surface area contributed by atoms with Gasteiger partial charge in [-0.05, 0) is 17.7 Å². The van der Waals surface area contributed by atoms with Gasteiger partial charge in [0.1, 0.15) is 0 Å². The van der Waals surface area contributed by atoms with E-state index in [1.54, 1.807) is 0 Å². The van der Waals surface area contributed by atoms with E-state index in [1.807, 2.05) is 30.3 Å². The first-order valence-electron chi connectivity index (χ1n) is 3.35. The number of allylic oxidation sites excluding steroid dienone is 1. The van der Waals surface area contributed by atoms with E-state index in [9.17, 15) is 0 Å². The van der Waals surface area contributed by atoms with Crippen LogP contribution >= 0.6 is 15.9 Å². The van der Waals surface area contributed by atoms with E-state index in [4.69, 9.17) is 11.0 Å². The second kappa shape index (κ2) is 3.93. The Labute approximate surface area is 79.4 Å². The van der Waals surface area contributed by atoms with E-state index in [0.29, 0.717) is 5.70 Å². The maximum absolute atomic E-state index is 8.35. The summed E-state index contributed by atoms with van der Waals surface area (Å²) in [6.45, 7) is 0. The van der Waals surface area contributed by atoms with Crippen LogP contribution in [-0.2, 0) is 0 Å². The van der Waals surface area contributed by atoms with E-state index in [1.165, 1.54) is 6.08 Å². The van der Waals surface area contributed by atoms with Crippen LogP contribution in [0.2, 0.25) is 0 Å². The SMILES string of the molecule is N#C/C=C(\N)c1cccc(Br)c1. The lowest BCUT2D eigenvalue weighted by Gasteiger charge is -1.99. The molecule has 0 bridgehead atoms. The van der Waals surface area contributed by atoms with E-state index in [0.717, 1.165) is 10.0 Å². The molecule has 0 radical (unpaired) electrons. The fraction of sp³-hybridized carbons (Fsp3) is 0. The van der Waals surface area contributed by atoms with Crippen LogP contribution in [0, 0.1) is 11.3 Å². The molecule has 60 valence electrons. The highest BCUT2D eigenvalue weighted by Crippen LogP contribution is 2.15. The number of nitriles is 1. The molecule has 1 aromatic rings. The molecule has 0 heterocycles. The Morgan fingerprint density at radius 3 is 2.92 bits per heavy atom. The van der Waals surface area contributed by atoms with E-state index < -0.39 is 0 Å². The average molecular weight is 223 g/mol. The third kappa shape index (κ3) is 2.11. The number of hydrogen-bond donors (Lipinski definition) is 1. The van der Waals surface area contributed by atoms with Crippen molar-refractivity contribution in [3.63, 3.8) is 0 Å². The first kappa shape index (κ1) is 8.82. The van der Waals surface area contributed by atoms with Crippen molar-refractivity contribution in [2.75, 3.05) is 0 Å². The largest absolute Gasteiger partial charge is 0.398 e. The summed E-state index contributed by atoms with van der Waals surface area (Å²) in [6, 6.07) is 9.38. The van der Waals surface area contributed by atoms with Gasteiger partial charge in [0.2, 0.25) is 0 Å². The van der Waals surface area contributed by atoms with Gasteiger partial charge in [0, 0.05) is 16.2 Å². The predicted molar refractivity (Wildman–Crippen MR) is 51.9 cm³/mol. The molecule has 0 spiro atoms. The lowest BCUT2D eigenvalue weighted by Crippen LogP contribution is -1.94. The van der Waals surface area contributed by atoms with Crippen LogP contribution in [0.1, 0.15) is 5.56 Å². The van der Waals surface area contributed by atoms with Gasteiger partial charge in [0.25, 0.3) is 0 Å². The van der Waals surface area contributed by atoms with Crippen molar-refractivity contribution in [1.82, 2.24) is 0 Å². The Balaban J connectivity index is 3.05. The van der Waals surface area contributed by atoms with Gasteiger partial charge in [-0.3, -0.25) is 0 Å². The smallest absolute Gasteiger partial charge is 0.0933 e. The summed E-state index contributed by atoms with van der Waals surface area (Å²) >= 11 is 3.32. The summed E-state index contributed by atoms with van der Waals surface area (Å²) in [5.41, 5.74) is 6.93. The predicted octanol–water partition coefficient (Wildman–Crippen LogP) is 2.27. The van der Waals surface area contributed by atoms with Crippen LogP contribution in [0.25, 0.3) is 5.70 Å². The van der Waals surface area contributed by atoms with E-state index in [-0.39, 0.29) is 0 Å². The summed E-state index contributed by atoms with van der Waals surface area (Å²) in [5, 5.41) is 8.35. The maximum atomic E-state index is 8.35. The van der Waals surface area contributed by atoms with Crippen LogP contribution in [0.4, 0.5) is 0 Å². The fourth-order valence-corrected chi connectivity index (χ4v) is 1.22. The van der Waals surface area contributed by atoms with Crippen molar-refractivity contribution in [3.05, 3.63) is 40.4 Å². The molecule has 1 rings (SSSR count). The topological polar surface area (TPSA) is 49.8 Å². The molecular weight excluding hydrogens is 216 g/mol. The number of nitrogens with zero attached hydrogens (tertiary/aromatic N) is 1. The molecule has 0 aliphatic rings. The maximum Gasteiger partial charge on any atom is 0.0933 e. The molecule has 0 atom stereocenters. The fourth-order valence-electron chi connectivity index (χ4n) is 0.821. The van der Waals surface area contributed by atoms with Crippen LogP contribution < -0.4 is 5.73 Å². The van der Waals surface area contributed by atoms with Crippen LogP contribution in [0.5, 0.6) is 0 Å². The Kier molecular flexibility index (Phi) is 2.89. The van der Waals surface area contributed by atoms with Gasteiger partial charge in [-0.15, -0.1) is 0 Å². The van der Waals surface area contributed by atoms with Crippen LogP contribution in [0.15, 0.2) is 34.8 Å². The lowest BCUT2D eigenvalue weighted by molar-refractivity contribution is 1.48. The molecule has 1 aromatic carbocycles. The average Bonchev–Trinajstić information content (AvgIpc) is 2.05. The van der Waals surface area contributed by atoms with Crippen LogP contribution in [0.3, 0.4) is 0 Å². The monoisotopic (exact) mass is 222 g/mol. The molecule has 0 saturated carbocycles. The zero-order valence-corrected chi connectivity index (χ0v) is 7.88. The van der Waals surface area contributed by atoms with Crippen molar-refractivity contribution in [2.45, 2.75) is 0 Å². The first-order valence-corrected chi connectivity index (χ1v) is 4.14. The van der Waals surface area contributed by atoms with Crippen molar-refractivity contribution >= 4 is 21.6 Å². The number of hydrogen-bond acceptors (Lipinski definition) is 2. The summed E-state index contributed by atoms with van der Waals surface area (Å²) in [4.78, 5) is 0. The first-order chi connectivity index (χ1) is 5.74. The third-order valence-electron chi connectivity index (χ3n) is 1.38. The second-order valence-corrected chi connectivity index (χ2v) is 3.15. The van der Waals surface area contributed by atoms with Crippen molar-refractivity contribution in [2.24, 2.45) is 5.73 Å². The molecular formula is C9H7BrN2. The normalized spacial score (nSPS) is 10.8. The Morgan fingerprint density at radius 2 is 2.33 bits per heavy atom. The highest BCUT2D eigenvalue weighted by molar-refractivity contribution is 9.10. The minimum absolute atomic E-state index is 0.485. The summed E-state index contributed by atoms with van der Waals surface area (Å²) < 4.78 is 0.953. The van der Waals surface area contributed by atoms with Gasteiger partial charge in [0.05, 0.1) is 6.07 Å². The molecule has 0 amide bonds. The minimum Gasteiger partial charge on any atom is -0.398 e. The van der Waals surface area contributed by atoms with Gasteiger partial charge in [-0.1, -0.05) is 28.1 Å². The van der Waals surface area contributed by atoms with Crippen molar-refractivity contribution in [1.29, 1.82) is 5.26 Å². The zero-order chi connectivity index (χ0) is 8.97. The number of halogens is 1. The number of rotatable bonds is 1. The Bertz CT molecular complexity index is 350. The van der Waals surface area contributed by atoms with Crippen LogP contribution in [-0.4, -0.2) is 0 Å². The Morgan fingerprint density at radius 1 is 1.58 bits per heavy atom. The second-order valence-electron chi connectivity index (χ2n) is 2.24. The molecule has 12 heavy (non-hydrogen) atoms. The molecule has 0 aliphatic heterocycles. The molecule has 0 aliphatic carbocycles. The standard InChI is InChI=1S/C9H7BrN2/c10-8-3-1-2-7(6-8)9(12)4-5-11/h1-4,6H,12H2/b9-4-. The zero-order valence-electron chi connectivity index (χ0n) is 6.29. The third-order valence-corrected chi connectivity index (χ3v) is 1.87.